The maximum Gasteiger partial charge on any atom is 0.314 e. The number of carbonyl (C=O) groups is 1. The summed E-state index contributed by atoms with van der Waals surface area (Å²) in [5.41, 5.74) is 0.485. The lowest BCUT2D eigenvalue weighted by molar-refractivity contribution is 0.00720. The standard InChI is InChI=1S/C18H28N2O3/c1-23-16-9-5-7-15(13-16)8-6-12-19-17(21)20-14-18(22)10-3-2-4-11-18/h5,7,9,13,22H,2-4,6,8,10-12,14H2,1H3,(H2,19,20,21). The van der Waals surface area contributed by atoms with Gasteiger partial charge in [0.25, 0.3) is 0 Å². The van der Waals surface area contributed by atoms with E-state index in [0.717, 1.165) is 44.3 Å². The zero-order chi connectivity index (χ0) is 16.5. The number of hydrogen-bond acceptors (Lipinski definition) is 3. The third kappa shape index (κ3) is 6.10. The van der Waals surface area contributed by atoms with E-state index in [1.165, 1.54) is 12.0 Å². The Morgan fingerprint density at radius 3 is 2.78 bits per heavy atom. The number of amides is 2. The summed E-state index contributed by atoms with van der Waals surface area (Å²) in [7, 11) is 1.66. The molecule has 1 saturated carbocycles. The first-order valence-electron chi connectivity index (χ1n) is 8.48. The molecule has 0 aromatic heterocycles. The molecule has 1 fully saturated rings. The van der Waals surface area contributed by atoms with Crippen LogP contribution < -0.4 is 15.4 Å². The highest BCUT2D eigenvalue weighted by atomic mass is 16.5. The van der Waals surface area contributed by atoms with Crippen LogP contribution in [0.3, 0.4) is 0 Å². The number of ether oxygens (including phenoxy) is 1. The molecule has 0 bridgehead atoms. The third-order valence-electron chi connectivity index (χ3n) is 4.42. The summed E-state index contributed by atoms with van der Waals surface area (Å²) in [6.45, 7) is 0.955. The van der Waals surface area contributed by atoms with Crippen LogP contribution in [0.15, 0.2) is 24.3 Å². The minimum atomic E-state index is -0.712. The number of hydrogen-bond donors (Lipinski definition) is 3. The van der Waals surface area contributed by atoms with Gasteiger partial charge < -0.3 is 20.5 Å². The SMILES string of the molecule is COc1cccc(CCCNC(=O)NCC2(O)CCCCC2)c1. The predicted molar refractivity (Wildman–Crippen MR) is 90.8 cm³/mol. The summed E-state index contributed by atoms with van der Waals surface area (Å²) in [5, 5.41) is 16.0. The van der Waals surface area contributed by atoms with Crippen LogP contribution in [-0.2, 0) is 6.42 Å². The van der Waals surface area contributed by atoms with E-state index in [-0.39, 0.29) is 6.03 Å². The monoisotopic (exact) mass is 320 g/mol. The van der Waals surface area contributed by atoms with E-state index in [4.69, 9.17) is 4.74 Å². The van der Waals surface area contributed by atoms with Crippen LogP contribution in [-0.4, -0.2) is 36.9 Å². The molecule has 0 saturated heterocycles. The van der Waals surface area contributed by atoms with Crippen molar-refractivity contribution in [1.82, 2.24) is 10.6 Å². The van der Waals surface area contributed by atoms with E-state index in [9.17, 15) is 9.90 Å². The minimum absolute atomic E-state index is 0.199. The van der Waals surface area contributed by atoms with Crippen LogP contribution in [0.25, 0.3) is 0 Å². The molecule has 0 unspecified atom stereocenters. The molecule has 0 spiro atoms. The van der Waals surface area contributed by atoms with E-state index in [1.54, 1.807) is 7.11 Å². The molecule has 1 aliphatic carbocycles. The molecular formula is C18H28N2O3. The van der Waals surface area contributed by atoms with Crippen LogP contribution in [0.1, 0.15) is 44.1 Å². The molecule has 23 heavy (non-hydrogen) atoms. The number of benzene rings is 1. The Kier molecular flexibility index (Phi) is 6.71. The van der Waals surface area contributed by atoms with Crippen molar-refractivity contribution in [3.05, 3.63) is 29.8 Å². The topological polar surface area (TPSA) is 70.6 Å². The van der Waals surface area contributed by atoms with Crippen molar-refractivity contribution in [2.75, 3.05) is 20.2 Å². The van der Waals surface area contributed by atoms with E-state index in [0.29, 0.717) is 13.1 Å². The zero-order valence-corrected chi connectivity index (χ0v) is 13.9. The molecule has 2 rings (SSSR count). The molecule has 0 aliphatic heterocycles. The van der Waals surface area contributed by atoms with E-state index < -0.39 is 5.60 Å². The quantitative estimate of drug-likeness (QED) is 0.676. The molecule has 1 aliphatic rings. The summed E-state index contributed by atoms with van der Waals surface area (Å²) < 4.78 is 5.19. The minimum Gasteiger partial charge on any atom is -0.497 e. The van der Waals surface area contributed by atoms with Gasteiger partial charge >= 0.3 is 6.03 Å². The Hall–Kier alpha value is -1.75. The van der Waals surface area contributed by atoms with Crippen molar-refractivity contribution in [3.63, 3.8) is 0 Å². The lowest BCUT2D eigenvalue weighted by Gasteiger charge is -2.32. The van der Waals surface area contributed by atoms with Crippen LogP contribution in [0.2, 0.25) is 0 Å². The van der Waals surface area contributed by atoms with Gasteiger partial charge in [-0.2, -0.15) is 0 Å². The van der Waals surface area contributed by atoms with Crippen molar-refractivity contribution in [2.24, 2.45) is 0 Å². The van der Waals surface area contributed by atoms with Gasteiger partial charge in [0.05, 0.1) is 12.7 Å². The highest BCUT2D eigenvalue weighted by Gasteiger charge is 2.29. The summed E-state index contributed by atoms with van der Waals surface area (Å²) in [4.78, 5) is 11.8. The molecule has 5 nitrogen and oxygen atoms in total. The lowest BCUT2D eigenvalue weighted by atomic mass is 9.85. The number of rotatable bonds is 7. The van der Waals surface area contributed by atoms with E-state index in [2.05, 4.69) is 16.7 Å². The Balaban J connectivity index is 1.61. The van der Waals surface area contributed by atoms with Crippen molar-refractivity contribution in [3.8, 4) is 5.75 Å². The van der Waals surface area contributed by atoms with Crippen LogP contribution >= 0.6 is 0 Å². The zero-order valence-electron chi connectivity index (χ0n) is 13.9. The predicted octanol–water partition coefficient (Wildman–Crippen LogP) is 2.62. The van der Waals surface area contributed by atoms with Crippen molar-refractivity contribution in [1.29, 1.82) is 0 Å². The first-order valence-corrected chi connectivity index (χ1v) is 8.48. The normalized spacial score (nSPS) is 16.6. The van der Waals surface area contributed by atoms with Crippen LogP contribution in [0, 0.1) is 0 Å². The van der Waals surface area contributed by atoms with Gasteiger partial charge in [0.1, 0.15) is 5.75 Å². The lowest BCUT2D eigenvalue weighted by Crippen LogP contribution is -2.47. The molecule has 1 aromatic carbocycles. The number of carbonyl (C=O) groups excluding carboxylic acids is 1. The van der Waals surface area contributed by atoms with Crippen molar-refractivity contribution in [2.45, 2.75) is 50.5 Å². The highest BCUT2D eigenvalue weighted by molar-refractivity contribution is 5.73. The molecule has 0 radical (unpaired) electrons. The van der Waals surface area contributed by atoms with Crippen molar-refractivity contribution >= 4 is 6.03 Å². The van der Waals surface area contributed by atoms with Crippen molar-refractivity contribution < 1.29 is 14.6 Å². The summed E-state index contributed by atoms with van der Waals surface area (Å²) in [6, 6.07) is 7.76. The number of nitrogens with one attached hydrogen (secondary N) is 2. The van der Waals surface area contributed by atoms with Crippen LogP contribution in [0.4, 0.5) is 4.79 Å². The fourth-order valence-corrected chi connectivity index (χ4v) is 3.02. The molecule has 1 aromatic rings. The Labute approximate surface area is 138 Å². The maximum absolute atomic E-state index is 11.8. The molecule has 0 heterocycles. The largest absolute Gasteiger partial charge is 0.497 e. The fraction of sp³-hybridized carbons (Fsp3) is 0.611. The van der Waals surface area contributed by atoms with Gasteiger partial charge in [0, 0.05) is 13.1 Å². The summed E-state index contributed by atoms with van der Waals surface area (Å²) >= 11 is 0. The number of aliphatic hydroxyl groups is 1. The van der Waals surface area contributed by atoms with Gasteiger partial charge in [-0.25, -0.2) is 4.79 Å². The van der Waals surface area contributed by atoms with E-state index in [1.807, 2.05) is 18.2 Å². The maximum atomic E-state index is 11.8. The van der Waals surface area contributed by atoms with Gasteiger partial charge in [-0.3, -0.25) is 0 Å². The Morgan fingerprint density at radius 1 is 1.26 bits per heavy atom. The molecule has 5 heteroatoms. The molecule has 128 valence electrons. The second-order valence-electron chi connectivity index (χ2n) is 6.35. The first kappa shape index (κ1) is 17.6. The van der Waals surface area contributed by atoms with Gasteiger partial charge in [-0.1, -0.05) is 31.4 Å². The number of methoxy groups -OCH3 is 1. The molecule has 0 atom stereocenters. The number of urea groups is 1. The second-order valence-corrected chi connectivity index (χ2v) is 6.35. The smallest absolute Gasteiger partial charge is 0.314 e. The first-order chi connectivity index (χ1) is 11.1. The average Bonchev–Trinajstić information content (AvgIpc) is 2.58. The fourth-order valence-electron chi connectivity index (χ4n) is 3.02. The molecule has 3 N–H and O–H groups in total. The second kappa shape index (κ2) is 8.77. The average molecular weight is 320 g/mol. The van der Waals surface area contributed by atoms with E-state index >= 15 is 0 Å². The van der Waals surface area contributed by atoms with Gasteiger partial charge in [0.2, 0.25) is 0 Å². The Bertz CT molecular complexity index is 499. The highest BCUT2D eigenvalue weighted by Crippen LogP contribution is 2.27. The molecular weight excluding hydrogens is 292 g/mol. The summed E-state index contributed by atoms with van der Waals surface area (Å²) in [6.07, 6.45) is 6.58. The third-order valence-corrected chi connectivity index (χ3v) is 4.42. The van der Waals surface area contributed by atoms with Gasteiger partial charge in [0.15, 0.2) is 0 Å². The van der Waals surface area contributed by atoms with Crippen LogP contribution in [0.5, 0.6) is 5.75 Å². The van der Waals surface area contributed by atoms with Gasteiger partial charge in [-0.15, -0.1) is 0 Å². The van der Waals surface area contributed by atoms with Gasteiger partial charge in [-0.05, 0) is 43.4 Å². The molecule has 2 amide bonds. The Morgan fingerprint density at radius 2 is 2.04 bits per heavy atom. The number of aryl methyl sites for hydroxylation is 1. The summed E-state index contributed by atoms with van der Waals surface area (Å²) in [5.74, 6) is 0.855.